The fourth-order valence-electron chi connectivity index (χ4n) is 1.79. The van der Waals surface area contributed by atoms with Gasteiger partial charge in [0.15, 0.2) is 0 Å². The molecule has 2 N–H and O–H groups in total. The third-order valence-electron chi connectivity index (χ3n) is 3.03. The number of pyridine rings is 1. The van der Waals surface area contributed by atoms with E-state index in [1.54, 1.807) is 26.0 Å². The Bertz CT molecular complexity index is 644. The van der Waals surface area contributed by atoms with E-state index in [1.165, 1.54) is 24.5 Å². The molecule has 0 bridgehead atoms. The first-order valence-corrected chi connectivity index (χ1v) is 6.18. The molecule has 1 aromatic carbocycles. The first kappa shape index (κ1) is 14.0. The Morgan fingerprint density at radius 2 is 2.10 bits per heavy atom. The maximum atomic E-state index is 13.5. The molecule has 5 heteroatoms. The van der Waals surface area contributed by atoms with Crippen molar-refractivity contribution < 1.29 is 14.3 Å². The summed E-state index contributed by atoms with van der Waals surface area (Å²) in [6.45, 7) is 3.44. The van der Waals surface area contributed by atoms with Crippen LogP contribution in [0, 0.1) is 12.7 Å². The number of hydrogen-bond acceptors (Lipinski definition) is 3. The Labute approximate surface area is 116 Å². The summed E-state index contributed by atoms with van der Waals surface area (Å²) in [6, 6.07) is 5.82. The number of nitrogens with one attached hydrogen (secondary N) is 1. The Morgan fingerprint density at radius 1 is 1.35 bits per heavy atom. The van der Waals surface area contributed by atoms with Crippen molar-refractivity contribution in [2.24, 2.45) is 0 Å². The Hall–Kier alpha value is -2.43. The van der Waals surface area contributed by atoms with Crippen LogP contribution in [-0.2, 0) is 0 Å². The van der Waals surface area contributed by atoms with Crippen molar-refractivity contribution in [1.29, 1.82) is 0 Å². The molecule has 0 spiro atoms. The van der Waals surface area contributed by atoms with Crippen molar-refractivity contribution in [3.05, 3.63) is 59.2 Å². The SMILES string of the molecule is Cc1ccc(C(C)NC(=O)c2cncc(O)c2)cc1F. The normalized spacial score (nSPS) is 11.9. The molecule has 4 nitrogen and oxygen atoms in total. The van der Waals surface area contributed by atoms with Crippen LogP contribution in [0.3, 0.4) is 0 Å². The first-order chi connectivity index (χ1) is 9.47. The number of aryl methyl sites for hydroxylation is 1. The summed E-state index contributed by atoms with van der Waals surface area (Å²) in [7, 11) is 0. The second-order valence-corrected chi connectivity index (χ2v) is 4.64. The Balaban J connectivity index is 2.13. The molecule has 1 aromatic heterocycles. The molecule has 0 aliphatic heterocycles. The van der Waals surface area contributed by atoms with Gasteiger partial charge in [0, 0.05) is 6.20 Å². The highest BCUT2D eigenvalue weighted by molar-refractivity contribution is 5.94. The number of rotatable bonds is 3. The number of amides is 1. The average Bonchev–Trinajstić information content (AvgIpc) is 2.41. The Morgan fingerprint density at radius 3 is 2.75 bits per heavy atom. The zero-order valence-corrected chi connectivity index (χ0v) is 11.2. The van der Waals surface area contributed by atoms with E-state index in [-0.39, 0.29) is 29.1 Å². The number of aromatic nitrogens is 1. The number of aromatic hydroxyl groups is 1. The molecule has 0 aliphatic carbocycles. The van der Waals surface area contributed by atoms with Crippen LogP contribution in [0.2, 0.25) is 0 Å². The molecule has 0 saturated carbocycles. The van der Waals surface area contributed by atoms with E-state index in [0.717, 1.165) is 0 Å². The molecular formula is C15H15FN2O2. The highest BCUT2D eigenvalue weighted by Gasteiger charge is 2.13. The third-order valence-corrected chi connectivity index (χ3v) is 3.03. The largest absolute Gasteiger partial charge is 0.506 e. The van der Waals surface area contributed by atoms with Crippen molar-refractivity contribution in [2.75, 3.05) is 0 Å². The van der Waals surface area contributed by atoms with E-state index < -0.39 is 0 Å². The second kappa shape index (κ2) is 5.69. The van der Waals surface area contributed by atoms with Gasteiger partial charge in [0.2, 0.25) is 0 Å². The van der Waals surface area contributed by atoms with Crippen LogP contribution < -0.4 is 5.32 Å². The van der Waals surface area contributed by atoms with E-state index in [0.29, 0.717) is 11.1 Å². The van der Waals surface area contributed by atoms with Gasteiger partial charge in [0.25, 0.3) is 5.91 Å². The van der Waals surface area contributed by atoms with Crippen molar-refractivity contribution in [2.45, 2.75) is 19.9 Å². The molecule has 2 aromatic rings. The van der Waals surface area contributed by atoms with Gasteiger partial charge in [-0.3, -0.25) is 9.78 Å². The topological polar surface area (TPSA) is 62.2 Å². The zero-order valence-electron chi connectivity index (χ0n) is 11.2. The lowest BCUT2D eigenvalue weighted by Crippen LogP contribution is -2.26. The predicted molar refractivity (Wildman–Crippen MR) is 72.9 cm³/mol. The minimum Gasteiger partial charge on any atom is -0.506 e. The average molecular weight is 274 g/mol. The summed E-state index contributed by atoms with van der Waals surface area (Å²) in [5.41, 5.74) is 1.49. The van der Waals surface area contributed by atoms with E-state index >= 15 is 0 Å². The quantitative estimate of drug-likeness (QED) is 0.904. The molecule has 0 aliphatic rings. The Kier molecular flexibility index (Phi) is 3.98. The maximum Gasteiger partial charge on any atom is 0.253 e. The standard InChI is InChI=1S/C15H15FN2O2/c1-9-3-4-11(6-14(9)16)10(2)18-15(20)12-5-13(19)8-17-7-12/h3-8,10,19H,1-2H3,(H,18,20). The van der Waals surface area contributed by atoms with Crippen LogP contribution >= 0.6 is 0 Å². The molecule has 104 valence electrons. The second-order valence-electron chi connectivity index (χ2n) is 4.64. The zero-order chi connectivity index (χ0) is 14.7. The van der Waals surface area contributed by atoms with Crippen LogP contribution in [0.15, 0.2) is 36.7 Å². The summed E-state index contributed by atoms with van der Waals surface area (Å²) in [6.07, 6.45) is 2.60. The third kappa shape index (κ3) is 3.12. The number of carbonyl (C=O) groups is 1. The summed E-state index contributed by atoms with van der Waals surface area (Å²) < 4.78 is 13.5. The molecular weight excluding hydrogens is 259 g/mol. The lowest BCUT2D eigenvalue weighted by Gasteiger charge is -2.15. The summed E-state index contributed by atoms with van der Waals surface area (Å²) in [4.78, 5) is 15.7. The van der Waals surface area contributed by atoms with Crippen molar-refractivity contribution in [1.82, 2.24) is 10.3 Å². The smallest absolute Gasteiger partial charge is 0.253 e. The fourth-order valence-corrected chi connectivity index (χ4v) is 1.79. The summed E-state index contributed by atoms with van der Waals surface area (Å²) in [5, 5.41) is 12.0. The van der Waals surface area contributed by atoms with Gasteiger partial charge >= 0.3 is 0 Å². The van der Waals surface area contributed by atoms with Gasteiger partial charge in [-0.1, -0.05) is 12.1 Å². The highest BCUT2D eigenvalue weighted by Crippen LogP contribution is 2.17. The molecule has 0 saturated heterocycles. The highest BCUT2D eigenvalue weighted by atomic mass is 19.1. The number of benzene rings is 1. The molecule has 1 unspecified atom stereocenters. The molecule has 0 radical (unpaired) electrons. The molecule has 0 fully saturated rings. The molecule has 2 rings (SSSR count). The van der Waals surface area contributed by atoms with Gasteiger partial charge in [-0.2, -0.15) is 0 Å². The van der Waals surface area contributed by atoms with Crippen molar-refractivity contribution in [3.8, 4) is 5.75 Å². The van der Waals surface area contributed by atoms with Crippen LogP contribution in [0.1, 0.15) is 34.5 Å². The lowest BCUT2D eigenvalue weighted by molar-refractivity contribution is 0.0939. The molecule has 20 heavy (non-hydrogen) atoms. The number of nitrogens with zero attached hydrogens (tertiary/aromatic N) is 1. The lowest BCUT2D eigenvalue weighted by atomic mass is 10.1. The van der Waals surface area contributed by atoms with Gasteiger partial charge in [-0.25, -0.2) is 4.39 Å². The van der Waals surface area contributed by atoms with Crippen molar-refractivity contribution in [3.63, 3.8) is 0 Å². The van der Waals surface area contributed by atoms with Crippen molar-refractivity contribution >= 4 is 5.91 Å². The van der Waals surface area contributed by atoms with E-state index in [4.69, 9.17) is 0 Å². The number of hydrogen-bond donors (Lipinski definition) is 2. The van der Waals surface area contributed by atoms with E-state index in [1.807, 2.05) is 0 Å². The first-order valence-electron chi connectivity index (χ1n) is 6.18. The minimum absolute atomic E-state index is 0.0771. The van der Waals surface area contributed by atoms with E-state index in [2.05, 4.69) is 10.3 Å². The monoisotopic (exact) mass is 274 g/mol. The summed E-state index contributed by atoms with van der Waals surface area (Å²) >= 11 is 0. The van der Waals surface area contributed by atoms with Gasteiger partial charge < -0.3 is 10.4 Å². The van der Waals surface area contributed by atoms with Gasteiger partial charge in [-0.05, 0) is 37.1 Å². The number of carbonyl (C=O) groups excluding carboxylic acids is 1. The van der Waals surface area contributed by atoms with Gasteiger partial charge in [0.05, 0.1) is 17.8 Å². The maximum absolute atomic E-state index is 13.5. The van der Waals surface area contributed by atoms with Crippen LogP contribution in [-0.4, -0.2) is 16.0 Å². The summed E-state index contributed by atoms with van der Waals surface area (Å²) in [5.74, 6) is -0.754. The van der Waals surface area contributed by atoms with Crippen LogP contribution in [0.5, 0.6) is 5.75 Å². The molecule has 1 atom stereocenters. The number of halogens is 1. The van der Waals surface area contributed by atoms with E-state index in [9.17, 15) is 14.3 Å². The predicted octanol–water partition coefficient (Wildman–Crippen LogP) is 2.73. The van der Waals surface area contributed by atoms with Crippen LogP contribution in [0.25, 0.3) is 0 Å². The van der Waals surface area contributed by atoms with Gasteiger partial charge in [0.1, 0.15) is 11.6 Å². The van der Waals surface area contributed by atoms with Gasteiger partial charge in [-0.15, -0.1) is 0 Å². The molecule has 1 heterocycles. The fraction of sp³-hybridized carbons (Fsp3) is 0.200. The van der Waals surface area contributed by atoms with Crippen LogP contribution in [0.4, 0.5) is 4.39 Å². The minimum atomic E-state index is -0.373. The molecule has 1 amide bonds.